The Morgan fingerprint density at radius 1 is 0.306 bits per heavy atom. The van der Waals surface area contributed by atoms with Gasteiger partial charge in [-0.05, 0) is 161 Å². The predicted molar refractivity (Wildman–Crippen MR) is 478 cm³/mol. The lowest BCUT2D eigenvalue weighted by Gasteiger charge is -2.15. The molecule has 25 aromatic rings. The number of ether oxygens (including phenoxy) is 1. The minimum absolute atomic E-state index is 0.845. The predicted octanol–water partition coefficient (Wildman–Crippen LogP) is 20.3. The number of aromatic amines is 4. The van der Waals surface area contributed by atoms with Crippen LogP contribution in [0.5, 0.6) is 5.75 Å². The van der Waals surface area contributed by atoms with Gasteiger partial charge in [0.15, 0.2) is 11.2 Å². The number of pyridine rings is 6. The molecule has 0 bridgehead atoms. The van der Waals surface area contributed by atoms with Crippen molar-refractivity contribution in [3.8, 4) is 5.75 Å². The summed E-state index contributed by atoms with van der Waals surface area (Å²) < 4.78 is 17.8. The molecule has 0 radical (unpaired) electrons. The maximum Gasteiger partial charge on any atom is 0.166 e. The van der Waals surface area contributed by atoms with E-state index in [0.29, 0.717) is 0 Å². The quantitative estimate of drug-likeness (QED) is 0.110. The highest BCUT2D eigenvalue weighted by atomic mass is 16.5. The summed E-state index contributed by atoms with van der Waals surface area (Å²) in [6.07, 6.45) is 43.4. The monoisotopic (exact) mass is 1590 g/mol. The first-order valence-corrected chi connectivity index (χ1v) is 38.5. The minimum atomic E-state index is 0.845. The molecule has 592 valence electrons. The fourth-order valence-electron chi connectivity index (χ4n) is 11.9. The van der Waals surface area contributed by atoms with Gasteiger partial charge in [-0.2, -0.15) is 20.4 Å². The van der Waals surface area contributed by atoms with Gasteiger partial charge >= 0.3 is 0 Å². The van der Waals surface area contributed by atoms with Crippen molar-refractivity contribution in [1.29, 1.82) is 0 Å². The van der Waals surface area contributed by atoms with Gasteiger partial charge in [0, 0.05) is 89.7 Å². The summed E-state index contributed by atoms with van der Waals surface area (Å²) in [4.78, 5) is 43.1. The van der Waals surface area contributed by atoms with E-state index in [0.717, 1.165) is 101 Å². The van der Waals surface area contributed by atoms with Crippen molar-refractivity contribution in [1.82, 2.24) is 113 Å². The molecular formula is C96H81N23O2. The molecule has 0 atom stereocenters. The van der Waals surface area contributed by atoms with E-state index in [1.54, 1.807) is 98.1 Å². The Morgan fingerprint density at radius 2 is 0.868 bits per heavy atom. The Balaban J connectivity index is 0.000000107. The molecule has 1 aliphatic rings. The van der Waals surface area contributed by atoms with Gasteiger partial charge in [0.05, 0.1) is 107 Å². The number of imidazole rings is 5. The smallest absolute Gasteiger partial charge is 0.166 e. The highest BCUT2D eigenvalue weighted by Gasteiger charge is 2.07. The van der Waals surface area contributed by atoms with Crippen LogP contribution in [0.25, 0.3) is 110 Å². The normalized spacial score (nSPS) is 10.6. The Morgan fingerprint density at radius 3 is 1.60 bits per heavy atom. The molecule has 8 aromatic carbocycles. The largest absolute Gasteiger partial charge is 0.493 e. The molecule has 17 aromatic heterocycles. The number of fused-ring (bicyclic) bond motifs is 13. The van der Waals surface area contributed by atoms with E-state index in [2.05, 4.69) is 181 Å². The number of nitrogens with one attached hydrogen (secondary N) is 4. The van der Waals surface area contributed by atoms with Gasteiger partial charge in [0.2, 0.25) is 0 Å². The number of rotatable bonds is 0. The van der Waals surface area contributed by atoms with Crippen LogP contribution in [0.2, 0.25) is 0 Å². The zero-order valence-electron chi connectivity index (χ0n) is 65.4. The number of hydrogen-bond acceptors (Lipinski definition) is 17. The van der Waals surface area contributed by atoms with Gasteiger partial charge in [-0.1, -0.05) is 175 Å². The van der Waals surface area contributed by atoms with Crippen LogP contribution >= 0.6 is 0 Å². The van der Waals surface area contributed by atoms with Gasteiger partial charge < -0.3 is 23.0 Å². The molecule has 0 aliphatic carbocycles. The first-order chi connectivity index (χ1) is 60.1. The molecule has 0 fully saturated rings. The molecular weight excluding hydrogens is 1510 g/mol. The topological polar surface area (TPSA) is 297 Å². The average Bonchev–Trinajstić information content (AvgIpc) is 1.72. The number of H-pyrrole nitrogens is 4. The van der Waals surface area contributed by atoms with E-state index >= 15 is 0 Å². The Kier molecular flexibility index (Phi) is 29.3. The summed E-state index contributed by atoms with van der Waals surface area (Å²) in [5.74, 6) is 1.08. The lowest BCUT2D eigenvalue weighted by molar-refractivity contribution is 0.288. The van der Waals surface area contributed by atoms with Crippen LogP contribution in [0.1, 0.15) is 12.0 Å². The molecule has 4 N–H and O–H groups in total. The number of para-hydroxylation sites is 6. The third-order valence-corrected chi connectivity index (χ3v) is 17.9. The molecule has 25 nitrogen and oxygen atoms in total. The fourth-order valence-corrected chi connectivity index (χ4v) is 11.9. The average molecular weight is 1590 g/mol. The second-order valence-corrected chi connectivity index (χ2v) is 26.1. The maximum absolute atomic E-state index is 5.42. The molecule has 121 heavy (non-hydrogen) atoms. The first-order valence-electron chi connectivity index (χ1n) is 38.5. The molecule has 18 heterocycles. The summed E-state index contributed by atoms with van der Waals surface area (Å²) in [6.45, 7) is 0.886. The van der Waals surface area contributed by atoms with Crippen molar-refractivity contribution >= 4 is 110 Å². The van der Waals surface area contributed by atoms with E-state index in [-0.39, 0.29) is 0 Å². The van der Waals surface area contributed by atoms with Crippen molar-refractivity contribution in [3.63, 3.8) is 0 Å². The molecule has 0 saturated carbocycles. The maximum atomic E-state index is 5.42. The second-order valence-electron chi connectivity index (χ2n) is 26.1. The summed E-state index contributed by atoms with van der Waals surface area (Å²) in [5, 5.41) is 37.1. The van der Waals surface area contributed by atoms with Crippen molar-refractivity contribution in [2.45, 2.75) is 12.8 Å². The SMILES string of the molecule is c1cc2cncn2cn1.c1ccc2[nH]cnc2c1.c1ccc2[nH]ncc2c1.c1ccc2c(c1)CCCO2.c1ccc2ccccc2c1.c1ccc2cnccc2c1.c1ccc2ncccc2c1.c1ccc2oncc2c1.c1ccn2ccnc2c1.c1ccn2cncc2c1.c1cnc2[nH]ncc2c1.c1cnc2cn[nH]c2c1.c1cnn2cncc2c1. The van der Waals surface area contributed by atoms with Crippen molar-refractivity contribution < 1.29 is 9.26 Å². The van der Waals surface area contributed by atoms with Gasteiger partial charge in [-0.25, -0.2) is 39.4 Å². The van der Waals surface area contributed by atoms with Crippen molar-refractivity contribution in [3.05, 3.63) is 440 Å². The van der Waals surface area contributed by atoms with E-state index in [9.17, 15) is 0 Å². The molecule has 25 heteroatoms. The van der Waals surface area contributed by atoms with Crippen LogP contribution in [0.3, 0.4) is 0 Å². The van der Waals surface area contributed by atoms with Crippen LogP contribution in [-0.4, -0.2) is 120 Å². The van der Waals surface area contributed by atoms with E-state index in [1.165, 1.54) is 38.9 Å². The third kappa shape index (κ3) is 24.2. The Labute approximate surface area is 693 Å². The number of nitrogens with zero attached hydrogens (tertiary/aromatic N) is 19. The zero-order chi connectivity index (χ0) is 82.2. The lowest BCUT2D eigenvalue weighted by Crippen LogP contribution is -2.07. The third-order valence-electron chi connectivity index (χ3n) is 17.9. The summed E-state index contributed by atoms with van der Waals surface area (Å²) in [5.41, 5.74) is 13.5. The van der Waals surface area contributed by atoms with E-state index < -0.39 is 0 Å². The molecule has 0 saturated heterocycles. The van der Waals surface area contributed by atoms with Crippen molar-refractivity contribution in [2.24, 2.45) is 0 Å². The minimum Gasteiger partial charge on any atom is -0.493 e. The van der Waals surface area contributed by atoms with Gasteiger partial charge in [-0.15, -0.1) is 0 Å². The highest BCUT2D eigenvalue weighted by molar-refractivity contribution is 5.83. The van der Waals surface area contributed by atoms with Crippen LogP contribution in [0.4, 0.5) is 0 Å². The van der Waals surface area contributed by atoms with E-state index in [1.807, 2.05) is 269 Å². The highest BCUT2D eigenvalue weighted by Crippen LogP contribution is 2.23. The standard InChI is InChI=1S/C10H8.2C9H7N.C9H10O.4C7H6N2.C7H5NO.4C6H5N3/c1-2-6-10-8-4-3-7-9(10)5-1;1-2-6-9-8(4-1)5-3-7-10-9;1-2-4-9-7-10-6-5-8(9)3-1;1-2-6-9-8(4-1)5-3-7-10-9;1-2-5-9-6-4-8-7(9)3-1;1-2-4-9-6-8-5-7(9)3-1;1-2-4-7-6(3-1)8-5-9-7;2*1-2-4-7-6(3-1)5-8-9-7;1-2-7-4-9-5-8-3-6(1)9;1-2-6-4-7-5-9(6)8-3-1;1-2-5-6(7-3-1)4-8-9-5;1-2-5-4-8-9-6(5)7-3-1/h1-8H;2*1-7H;1-2,4,6H,3,5,7H2;2*1-6H;2*1-5H,(H,8,9);3*1-5H;1-4H,(H,8,9);1-4H,(H,7,8,9). The Bertz CT molecular complexity index is 5640. The molecule has 26 rings (SSSR count). The fraction of sp³-hybridized carbons (Fsp3) is 0.0312. The van der Waals surface area contributed by atoms with Crippen LogP contribution in [0.15, 0.2) is 439 Å². The van der Waals surface area contributed by atoms with Crippen LogP contribution in [0, 0.1) is 0 Å². The summed E-state index contributed by atoms with van der Waals surface area (Å²) >= 11 is 0. The number of hydrogen-bond donors (Lipinski definition) is 4. The summed E-state index contributed by atoms with van der Waals surface area (Å²) in [7, 11) is 0. The van der Waals surface area contributed by atoms with E-state index in [4.69, 9.17) is 9.26 Å². The number of benzene rings is 8. The number of aryl methyl sites for hydroxylation is 1. The van der Waals surface area contributed by atoms with Gasteiger partial charge in [0.25, 0.3) is 0 Å². The van der Waals surface area contributed by atoms with Gasteiger partial charge in [0.1, 0.15) is 35.9 Å². The molecule has 0 unspecified atom stereocenters. The zero-order valence-corrected chi connectivity index (χ0v) is 65.4. The number of aromatic nitrogens is 23. The molecule has 1 aliphatic heterocycles. The van der Waals surface area contributed by atoms with Crippen molar-refractivity contribution in [2.75, 3.05) is 6.61 Å². The first kappa shape index (κ1) is 80.5. The second kappa shape index (κ2) is 44.0. The Hall–Kier alpha value is -17.1. The van der Waals surface area contributed by atoms with Gasteiger partial charge in [-0.3, -0.25) is 34.6 Å². The lowest BCUT2D eigenvalue weighted by atomic mass is 10.1. The molecule has 0 spiro atoms. The summed E-state index contributed by atoms with van der Waals surface area (Å²) in [6, 6.07) is 96.3. The van der Waals surface area contributed by atoms with Crippen LogP contribution < -0.4 is 4.74 Å². The van der Waals surface area contributed by atoms with Crippen LogP contribution in [-0.2, 0) is 6.42 Å². The molecule has 0 amide bonds.